The average molecular weight is 333 g/mol. The lowest BCUT2D eigenvalue weighted by Crippen LogP contribution is -2.49. The molecule has 2 aromatic rings. The molecule has 23 heavy (non-hydrogen) atoms. The van der Waals surface area contributed by atoms with Crippen molar-refractivity contribution in [3.8, 4) is 5.75 Å². The van der Waals surface area contributed by atoms with Gasteiger partial charge in [-0.05, 0) is 24.3 Å². The molecule has 0 atom stereocenters. The summed E-state index contributed by atoms with van der Waals surface area (Å²) >= 11 is 5.87. The molecule has 0 unspecified atom stereocenters. The molecule has 1 aromatic heterocycles. The van der Waals surface area contributed by atoms with Crippen LogP contribution in [0.25, 0.3) is 0 Å². The van der Waals surface area contributed by atoms with Crippen LogP contribution in [0.1, 0.15) is 10.4 Å². The van der Waals surface area contributed by atoms with Gasteiger partial charge in [0, 0.05) is 31.7 Å². The highest BCUT2D eigenvalue weighted by Gasteiger charge is 2.23. The molecule has 0 aliphatic carbocycles. The molecule has 7 heteroatoms. The number of benzene rings is 1. The van der Waals surface area contributed by atoms with Crippen LogP contribution in [0.15, 0.2) is 36.7 Å². The number of halogens is 1. The van der Waals surface area contributed by atoms with Crippen molar-refractivity contribution in [2.45, 2.75) is 0 Å². The Kier molecular flexibility index (Phi) is 4.62. The summed E-state index contributed by atoms with van der Waals surface area (Å²) in [4.78, 5) is 24.7. The Morgan fingerprint density at radius 1 is 1.13 bits per heavy atom. The molecule has 1 fully saturated rings. The molecule has 120 valence electrons. The van der Waals surface area contributed by atoms with Gasteiger partial charge in [0.05, 0.1) is 19.5 Å². The lowest BCUT2D eigenvalue weighted by Gasteiger charge is -2.35. The normalized spacial score (nSPS) is 14.7. The highest BCUT2D eigenvalue weighted by Crippen LogP contribution is 2.17. The zero-order valence-corrected chi connectivity index (χ0v) is 13.5. The van der Waals surface area contributed by atoms with Gasteiger partial charge in [-0.1, -0.05) is 11.6 Å². The van der Waals surface area contributed by atoms with Crippen LogP contribution in [0.4, 0.5) is 5.82 Å². The quantitative estimate of drug-likeness (QED) is 0.861. The summed E-state index contributed by atoms with van der Waals surface area (Å²) in [6.07, 6.45) is 3.20. The zero-order chi connectivity index (χ0) is 16.2. The maximum Gasteiger partial charge on any atom is 0.253 e. The SMILES string of the molecule is COc1ccc(C(=O)N2CCN(c3cncc(Cl)n3)CC2)cc1. The molecule has 0 saturated carbocycles. The van der Waals surface area contributed by atoms with Crippen LogP contribution < -0.4 is 9.64 Å². The molecule has 3 rings (SSSR count). The first-order chi connectivity index (χ1) is 11.2. The first-order valence-corrected chi connectivity index (χ1v) is 7.71. The maximum absolute atomic E-state index is 12.5. The fraction of sp³-hybridized carbons (Fsp3) is 0.312. The fourth-order valence-corrected chi connectivity index (χ4v) is 2.68. The van der Waals surface area contributed by atoms with Gasteiger partial charge in [-0.3, -0.25) is 9.78 Å². The van der Waals surface area contributed by atoms with Crippen molar-refractivity contribution in [2.75, 3.05) is 38.2 Å². The Labute approximate surface area is 139 Å². The number of methoxy groups -OCH3 is 1. The van der Waals surface area contributed by atoms with E-state index >= 15 is 0 Å². The minimum atomic E-state index is 0.0319. The van der Waals surface area contributed by atoms with Crippen LogP contribution in [-0.2, 0) is 0 Å². The van der Waals surface area contributed by atoms with Crippen LogP contribution in [-0.4, -0.2) is 54.1 Å². The second-order valence-corrected chi connectivity index (χ2v) is 5.59. The third-order valence-electron chi connectivity index (χ3n) is 3.82. The molecule has 1 amide bonds. The van der Waals surface area contributed by atoms with E-state index in [0.29, 0.717) is 36.9 Å². The van der Waals surface area contributed by atoms with Crippen LogP contribution in [0.3, 0.4) is 0 Å². The van der Waals surface area contributed by atoms with E-state index in [1.54, 1.807) is 37.6 Å². The molecule has 2 heterocycles. The summed E-state index contributed by atoms with van der Waals surface area (Å²) in [6.45, 7) is 2.69. The Morgan fingerprint density at radius 2 is 1.83 bits per heavy atom. The molecule has 6 nitrogen and oxygen atoms in total. The number of carbonyl (C=O) groups is 1. The van der Waals surface area contributed by atoms with Gasteiger partial charge in [-0.25, -0.2) is 4.98 Å². The van der Waals surface area contributed by atoms with Gasteiger partial charge in [-0.2, -0.15) is 0 Å². The van der Waals surface area contributed by atoms with Gasteiger partial charge in [-0.15, -0.1) is 0 Å². The third-order valence-corrected chi connectivity index (χ3v) is 4.00. The number of anilines is 1. The molecule has 1 aliphatic rings. The molecule has 1 aromatic carbocycles. The lowest BCUT2D eigenvalue weighted by atomic mass is 10.1. The second kappa shape index (κ2) is 6.83. The van der Waals surface area contributed by atoms with Crippen molar-refractivity contribution in [3.63, 3.8) is 0 Å². The number of ether oxygens (including phenoxy) is 1. The summed E-state index contributed by atoms with van der Waals surface area (Å²) in [5, 5.41) is 0.374. The van der Waals surface area contributed by atoms with Gasteiger partial charge >= 0.3 is 0 Å². The van der Waals surface area contributed by atoms with Crippen LogP contribution in [0.2, 0.25) is 5.15 Å². The monoisotopic (exact) mass is 332 g/mol. The molecular formula is C16H17ClN4O2. The first-order valence-electron chi connectivity index (χ1n) is 7.33. The van der Waals surface area contributed by atoms with Crippen molar-refractivity contribution in [1.29, 1.82) is 0 Å². The number of nitrogens with zero attached hydrogens (tertiary/aromatic N) is 4. The van der Waals surface area contributed by atoms with E-state index in [4.69, 9.17) is 16.3 Å². The highest BCUT2D eigenvalue weighted by atomic mass is 35.5. The molecule has 1 aliphatic heterocycles. The minimum absolute atomic E-state index is 0.0319. The third kappa shape index (κ3) is 3.53. The van der Waals surface area contributed by atoms with E-state index in [2.05, 4.69) is 14.9 Å². The standard InChI is InChI=1S/C16H17ClN4O2/c1-23-13-4-2-12(3-5-13)16(22)21-8-6-20(7-9-21)15-11-18-10-14(17)19-15/h2-5,10-11H,6-9H2,1H3. The largest absolute Gasteiger partial charge is 0.497 e. The molecular weight excluding hydrogens is 316 g/mol. The van der Waals surface area contributed by atoms with Crippen LogP contribution in [0, 0.1) is 0 Å². The van der Waals surface area contributed by atoms with Crippen molar-refractivity contribution in [3.05, 3.63) is 47.4 Å². The van der Waals surface area contributed by atoms with E-state index < -0.39 is 0 Å². The van der Waals surface area contributed by atoms with Gasteiger partial charge in [0.1, 0.15) is 16.7 Å². The highest BCUT2D eigenvalue weighted by molar-refractivity contribution is 6.29. The number of piperazine rings is 1. The van der Waals surface area contributed by atoms with Crippen molar-refractivity contribution in [1.82, 2.24) is 14.9 Å². The van der Waals surface area contributed by atoms with Crippen LogP contribution in [0.5, 0.6) is 5.75 Å². The Morgan fingerprint density at radius 3 is 2.43 bits per heavy atom. The van der Waals surface area contributed by atoms with E-state index in [1.807, 2.05) is 4.90 Å². The summed E-state index contributed by atoms with van der Waals surface area (Å²) in [5.41, 5.74) is 0.668. The molecule has 0 bridgehead atoms. The lowest BCUT2D eigenvalue weighted by molar-refractivity contribution is 0.0746. The van der Waals surface area contributed by atoms with Gasteiger partial charge in [0.25, 0.3) is 5.91 Å². The van der Waals surface area contributed by atoms with E-state index in [9.17, 15) is 4.79 Å². The number of amides is 1. The zero-order valence-electron chi connectivity index (χ0n) is 12.8. The molecule has 0 N–H and O–H groups in total. The number of rotatable bonds is 3. The fourth-order valence-electron chi connectivity index (χ4n) is 2.54. The summed E-state index contributed by atoms with van der Waals surface area (Å²) in [5.74, 6) is 1.52. The second-order valence-electron chi connectivity index (χ2n) is 5.21. The van der Waals surface area contributed by atoms with Crippen molar-refractivity contribution >= 4 is 23.3 Å². The predicted molar refractivity (Wildman–Crippen MR) is 88.2 cm³/mol. The Bertz CT molecular complexity index is 685. The summed E-state index contributed by atoms with van der Waals surface area (Å²) in [6, 6.07) is 7.17. The summed E-state index contributed by atoms with van der Waals surface area (Å²) < 4.78 is 5.11. The number of hydrogen-bond acceptors (Lipinski definition) is 5. The Hall–Kier alpha value is -2.34. The van der Waals surface area contributed by atoms with Crippen LogP contribution >= 0.6 is 11.6 Å². The van der Waals surface area contributed by atoms with E-state index in [1.165, 1.54) is 6.20 Å². The van der Waals surface area contributed by atoms with Gasteiger partial charge in [0.2, 0.25) is 0 Å². The average Bonchev–Trinajstić information content (AvgIpc) is 2.61. The van der Waals surface area contributed by atoms with Gasteiger partial charge < -0.3 is 14.5 Å². The van der Waals surface area contributed by atoms with Crippen molar-refractivity contribution in [2.24, 2.45) is 0 Å². The minimum Gasteiger partial charge on any atom is -0.497 e. The predicted octanol–water partition coefficient (Wildman–Crippen LogP) is 2.10. The molecule has 0 radical (unpaired) electrons. The maximum atomic E-state index is 12.5. The van der Waals surface area contributed by atoms with Gasteiger partial charge in [0.15, 0.2) is 0 Å². The number of carbonyl (C=O) groups excluding carboxylic acids is 1. The topological polar surface area (TPSA) is 58.6 Å². The molecule has 0 spiro atoms. The summed E-state index contributed by atoms with van der Waals surface area (Å²) in [7, 11) is 1.61. The Balaban J connectivity index is 1.62. The smallest absolute Gasteiger partial charge is 0.253 e. The first kappa shape index (κ1) is 15.6. The molecule has 1 saturated heterocycles. The van der Waals surface area contributed by atoms with E-state index in [-0.39, 0.29) is 5.91 Å². The number of hydrogen-bond donors (Lipinski definition) is 0. The number of aromatic nitrogens is 2. The van der Waals surface area contributed by atoms with E-state index in [0.717, 1.165) is 11.6 Å². The van der Waals surface area contributed by atoms with Crippen molar-refractivity contribution < 1.29 is 9.53 Å².